The summed E-state index contributed by atoms with van der Waals surface area (Å²) in [7, 11) is 4.09. The molecule has 1 amide bonds. The van der Waals surface area contributed by atoms with E-state index in [1.807, 2.05) is 0 Å². The number of furan rings is 1. The fraction of sp³-hybridized carbons (Fsp3) is 0.217. The van der Waals surface area contributed by atoms with Crippen molar-refractivity contribution in [2.45, 2.75) is 13.2 Å². The van der Waals surface area contributed by atoms with Crippen molar-refractivity contribution in [2.75, 3.05) is 26.6 Å². The molecule has 0 saturated carbocycles. The minimum atomic E-state index is -3.02. The van der Waals surface area contributed by atoms with E-state index in [-0.39, 0.29) is 46.6 Å². The summed E-state index contributed by atoms with van der Waals surface area (Å²) < 4.78 is 55.4. The second-order valence-electron chi connectivity index (χ2n) is 6.62. The fourth-order valence-corrected chi connectivity index (χ4v) is 2.96. The zero-order chi connectivity index (χ0) is 24.7. The molecule has 1 N–H and O–H groups in total. The molecule has 0 radical (unpaired) electrons. The number of amides is 1. The molecule has 0 fully saturated rings. The monoisotopic (exact) mass is 477 g/mol. The minimum absolute atomic E-state index is 0.0119. The molecule has 11 heteroatoms. The zero-order valence-electron chi connectivity index (χ0n) is 18.4. The second kappa shape index (κ2) is 11.0. The summed E-state index contributed by atoms with van der Waals surface area (Å²) in [5.74, 6) is -0.948. The second-order valence-corrected chi connectivity index (χ2v) is 6.62. The van der Waals surface area contributed by atoms with E-state index in [0.29, 0.717) is 5.56 Å². The molecule has 0 aliphatic rings. The number of alkyl halides is 2. The van der Waals surface area contributed by atoms with Crippen LogP contribution in [0.4, 0.5) is 14.5 Å². The average molecular weight is 477 g/mol. The Bertz CT molecular complexity index is 1150. The highest BCUT2D eigenvalue weighted by Gasteiger charge is 2.21. The molecule has 0 unspecified atom stereocenters. The first-order chi connectivity index (χ1) is 16.4. The highest BCUT2D eigenvalue weighted by atomic mass is 19.3. The molecule has 2 aromatic carbocycles. The van der Waals surface area contributed by atoms with Crippen molar-refractivity contribution in [1.29, 1.82) is 0 Å². The van der Waals surface area contributed by atoms with Gasteiger partial charge in [0.2, 0.25) is 0 Å². The van der Waals surface area contributed by atoms with Gasteiger partial charge in [-0.05, 0) is 29.8 Å². The van der Waals surface area contributed by atoms with Crippen molar-refractivity contribution in [3.63, 3.8) is 0 Å². The van der Waals surface area contributed by atoms with E-state index in [9.17, 15) is 18.4 Å². The van der Waals surface area contributed by atoms with Crippen LogP contribution in [0.2, 0.25) is 0 Å². The molecule has 0 aliphatic heterocycles. The fourth-order valence-electron chi connectivity index (χ4n) is 2.96. The van der Waals surface area contributed by atoms with Gasteiger partial charge in [-0.2, -0.15) is 8.78 Å². The molecule has 3 rings (SSSR count). The summed E-state index contributed by atoms with van der Waals surface area (Å²) in [6, 6.07) is 9.91. The molecule has 34 heavy (non-hydrogen) atoms. The Morgan fingerprint density at radius 1 is 0.941 bits per heavy atom. The molecule has 3 aromatic rings. The Kier molecular flexibility index (Phi) is 7.91. The summed E-state index contributed by atoms with van der Waals surface area (Å²) in [5, 5.41) is 2.59. The molecule has 0 spiro atoms. The summed E-state index contributed by atoms with van der Waals surface area (Å²) in [4.78, 5) is 25.3. The van der Waals surface area contributed by atoms with Gasteiger partial charge in [0, 0.05) is 12.1 Å². The van der Waals surface area contributed by atoms with Gasteiger partial charge >= 0.3 is 12.6 Å². The van der Waals surface area contributed by atoms with Crippen molar-refractivity contribution >= 4 is 17.6 Å². The lowest BCUT2D eigenvalue weighted by atomic mass is 10.1. The number of halogens is 2. The number of esters is 1. The molecule has 0 aliphatic carbocycles. The topological polar surface area (TPSA) is 105 Å². The van der Waals surface area contributed by atoms with E-state index in [0.717, 1.165) is 0 Å². The largest absolute Gasteiger partial charge is 0.493 e. The summed E-state index contributed by atoms with van der Waals surface area (Å²) in [5.41, 5.74) is 0.540. The first-order valence-corrected chi connectivity index (χ1v) is 9.76. The van der Waals surface area contributed by atoms with Crippen LogP contribution in [-0.2, 0) is 11.3 Å². The van der Waals surface area contributed by atoms with Crippen molar-refractivity contribution in [3.05, 3.63) is 65.6 Å². The highest BCUT2D eigenvalue weighted by Crippen LogP contribution is 2.34. The smallest absolute Gasteiger partial charge is 0.387 e. The van der Waals surface area contributed by atoms with Crippen LogP contribution in [0.15, 0.2) is 53.1 Å². The van der Waals surface area contributed by atoms with E-state index >= 15 is 0 Å². The maximum absolute atomic E-state index is 12.9. The summed E-state index contributed by atoms with van der Waals surface area (Å²) in [6.45, 7) is -3.23. The number of anilines is 1. The number of benzene rings is 2. The quantitative estimate of drug-likeness (QED) is 0.425. The number of ether oxygens (including phenoxy) is 5. The Morgan fingerprint density at radius 3 is 2.24 bits per heavy atom. The van der Waals surface area contributed by atoms with E-state index in [2.05, 4.69) is 10.1 Å². The standard InChI is InChI=1S/C23H21F2NO8/c1-29-18-9-13(6-7-16(18)34-23(24)25)12-33-22(28)14-10-19(30-2)20(31-3)11-15(14)26-21(27)17-5-4-8-32-17/h4-11,23H,12H2,1-3H3,(H,26,27). The third-order valence-corrected chi connectivity index (χ3v) is 4.55. The Morgan fingerprint density at radius 2 is 1.62 bits per heavy atom. The Hall–Kier alpha value is -4.28. The number of nitrogens with one attached hydrogen (secondary N) is 1. The molecule has 9 nitrogen and oxygen atoms in total. The van der Waals surface area contributed by atoms with Gasteiger partial charge in [-0.15, -0.1) is 0 Å². The zero-order valence-corrected chi connectivity index (χ0v) is 18.4. The van der Waals surface area contributed by atoms with Gasteiger partial charge in [0.05, 0.1) is 38.8 Å². The van der Waals surface area contributed by atoms with E-state index in [1.165, 1.54) is 64.0 Å². The van der Waals surface area contributed by atoms with Gasteiger partial charge in [-0.25, -0.2) is 4.79 Å². The molecule has 0 atom stereocenters. The predicted molar refractivity (Wildman–Crippen MR) is 115 cm³/mol. The lowest BCUT2D eigenvalue weighted by molar-refractivity contribution is -0.0512. The third-order valence-electron chi connectivity index (χ3n) is 4.55. The molecular weight excluding hydrogens is 456 g/mol. The van der Waals surface area contributed by atoms with Crippen LogP contribution in [-0.4, -0.2) is 39.8 Å². The molecule has 0 saturated heterocycles. The predicted octanol–water partition coefficient (Wildman–Crippen LogP) is 4.52. The average Bonchev–Trinajstić information content (AvgIpc) is 3.37. The molecule has 0 bridgehead atoms. The van der Waals surface area contributed by atoms with Crippen molar-refractivity contribution in [1.82, 2.24) is 0 Å². The number of methoxy groups -OCH3 is 3. The number of rotatable bonds is 10. The normalized spacial score (nSPS) is 10.5. The van der Waals surface area contributed by atoms with Crippen molar-refractivity contribution in [3.8, 4) is 23.0 Å². The Balaban J connectivity index is 1.83. The van der Waals surface area contributed by atoms with Gasteiger partial charge < -0.3 is 33.4 Å². The number of carbonyl (C=O) groups is 2. The first-order valence-electron chi connectivity index (χ1n) is 9.76. The maximum Gasteiger partial charge on any atom is 0.387 e. The van der Waals surface area contributed by atoms with E-state index in [1.54, 1.807) is 6.07 Å². The number of hydrogen-bond acceptors (Lipinski definition) is 8. The number of carbonyl (C=O) groups excluding carboxylic acids is 2. The van der Waals surface area contributed by atoms with Crippen LogP contribution in [0, 0.1) is 0 Å². The number of hydrogen-bond donors (Lipinski definition) is 1. The van der Waals surface area contributed by atoms with Crippen LogP contribution >= 0.6 is 0 Å². The molecule has 1 heterocycles. The van der Waals surface area contributed by atoms with Crippen LogP contribution in [0.25, 0.3) is 0 Å². The summed E-state index contributed by atoms with van der Waals surface area (Å²) >= 11 is 0. The first kappa shape index (κ1) is 24.4. The molecule has 1 aromatic heterocycles. The maximum atomic E-state index is 12.9. The van der Waals surface area contributed by atoms with Crippen LogP contribution in [0.5, 0.6) is 23.0 Å². The minimum Gasteiger partial charge on any atom is -0.493 e. The lowest BCUT2D eigenvalue weighted by Gasteiger charge is -2.15. The van der Waals surface area contributed by atoms with E-state index < -0.39 is 18.5 Å². The SMILES string of the molecule is COc1cc(NC(=O)c2ccco2)c(C(=O)OCc2ccc(OC(F)F)c(OC)c2)cc1OC. The molecule has 180 valence electrons. The summed E-state index contributed by atoms with van der Waals surface area (Å²) in [6.07, 6.45) is 1.34. The van der Waals surface area contributed by atoms with E-state index in [4.69, 9.17) is 23.4 Å². The van der Waals surface area contributed by atoms with Crippen LogP contribution in [0.1, 0.15) is 26.5 Å². The van der Waals surface area contributed by atoms with Gasteiger partial charge in [0.25, 0.3) is 5.91 Å². The van der Waals surface area contributed by atoms with Crippen LogP contribution in [0.3, 0.4) is 0 Å². The van der Waals surface area contributed by atoms with Gasteiger partial charge in [0.1, 0.15) is 6.61 Å². The van der Waals surface area contributed by atoms with Gasteiger partial charge in [0.15, 0.2) is 28.8 Å². The van der Waals surface area contributed by atoms with Crippen LogP contribution < -0.4 is 24.3 Å². The highest BCUT2D eigenvalue weighted by molar-refractivity contribution is 6.07. The van der Waals surface area contributed by atoms with Gasteiger partial charge in [-0.3, -0.25) is 4.79 Å². The third kappa shape index (κ3) is 5.74. The lowest BCUT2D eigenvalue weighted by Crippen LogP contribution is -2.16. The van der Waals surface area contributed by atoms with Crippen molar-refractivity contribution < 1.29 is 46.5 Å². The van der Waals surface area contributed by atoms with Crippen molar-refractivity contribution in [2.24, 2.45) is 0 Å². The molecular formula is C23H21F2NO8. The Labute approximate surface area is 193 Å². The van der Waals surface area contributed by atoms with Gasteiger partial charge in [-0.1, -0.05) is 6.07 Å².